The standard InChI is InChI=1S/C17H26N4O3/c1-6-18-17(24)20-16(23)13(4)21(5)10-14(22)19-15-11(2)8-7-9-12(15)3/h7-9,13H,6,10H2,1-5H3,(H,19,22)(H2,18,20,23,24). The monoisotopic (exact) mass is 334 g/mol. The highest BCUT2D eigenvalue weighted by atomic mass is 16.2. The molecule has 0 saturated carbocycles. The predicted octanol–water partition coefficient (Wildman–Crippen LogP) is 1.41. The van der Waals surface area contributed by atoms with Crippen molar-refractivity contribution in [3.05, 3.63) is 29.3 Å². The summed E-state index contributed by atoms with van der Waals surface area (Å²) in [6, 6.07) is 4.63. The number of anilines is 1. The Hall–Kier alpha value is -2.41. The molecule has 1 unspecified atom stereocenters. The summed E-state index contributed by atoms with van der Waals surface area (Å²) in [5.41, 5.74) is 2.75. The lowest BCUT2D eigenvalue weighted by Crippen LogP contribution is -2.50. The van der Waals surface area contributed by atoms with E-state index in [4.69, 9.17) is 0 Å². The average Bonchev–Trinajstić information content (AvgIpc) is 2.50. The number of para-hydroxylation sites is 1. The zero-order valence-electron chi connectivity index (χ0n) is 14.9. The maximum absolute atomic E-state index is 12.2. The highest BCUT2D eigenvalue weighted by Crippen LogP contribution is 2.19. The van der Waals surface area contributed by atoms with E-state index in [1.807, 2.05) is 32.0 Å². The summed E-state index contributed by atoms with van der Waals surface area (Å²) >= 11 is 0. The van der Waals surface area contributed by atoms with E-state index in [0.29, 0.717) is 6.54 Å². The summed E-state index contributed by atoms with van der Waals surface area (Å²) in [4.78, 5) is 37.1. The molecule has 7 nitrogen and oxygen atoms in total. The van der Waals surface area contributed by atoms with Gasteiger partial charge in [-0.2, -0.15) is 0 Å². The SMILES string of the molecule is CCNC(=O)NC(=O)C(C)N(C)CC(=O)Nc1c(C)cccc1C. The van der Waals surface area contributed by atoms with Crippen LogP contribution in [0.25, 0.3) is 0 Å². The first kappa shape index (κ1) is 19.6. The summed E-state index contributed by atoms with van der Waals surface area (Å²) in [6.07, 6.45) is 0. The van der Waals surface area contributed by atoms with Gasteiger partial charge in [0.2, 0.25) is 11.8 Å². The Kier molecular flexibility index (Phi) is 7.38. The van der Waals surface area contributed by atoms with Crippen molar-refractivity contribution in [2.45, 2.75) is 33.7 Å². The Bertz CT molecular complexity index is 596. The molecule has 0 fully saturated rings. The minimum Gasteiger partial charge on any atom is -0.338 e. The van der Waals surface area contributed by atoms with Gasteiger partial charge in [0.05, 0.1) is 12.6 Å². The average molecular weight is 334 g/mol. The largest absolute Gasteiger partial charge is 0.338 e. The van der Waals surface area contributed by atoms with Crippen LogP contribution in [-0.4, -0.2) is 48.9 Å². The van der Waals surface area contributed by atoms with Crippen LogP contribution in [0.4, 0.5) is 10.5 Å². The second kappa shape index (κ2) is 9.02. The van der Waals surface area contributed by atoms with Gasteiger partial charge in [-0.3, -0.25) is 19.8 Å². The number of hydrogen-bond donors (Lipinski definition) is 3. The lowest BCUT2D eigenvalue weighted by atomic mass is 10.1. The second-order valence-electron chi connectivity index (χ2n) is 5.75. The number of likely N-dealkylation sites (N-methyl/N-ethyl adjacent to an activating group) is 1. The molecule has 7 heteroatoms. The highest BCUT2D eigenvalue weighted by Gasteiger charge is 2.22. The maximum Gasteiger partial charge on any atom is 0.321 e. The Morgan fingerprint density at radius 2 is 1.75 bits per heavy atom. The number of carbonyl (C=O) groups excluding carboxylic acids is 3. The van der Waals surface area contributed by atoms with Gasteiger partial charge in [0, 0.05) is 12.2 Å². The number of amides is 4. The van der Waals surface area contributed by atoms with Crippen LogP contribution < -0.4 is 16.0 Å². The molecule has 0 radical (unpaired) electrons. The number of nitrogens with zero attached hydrogens (tertiary/aromatic N) is 1. The topological polar surface area (TPSA) is 90.5 Å². The Morgan fingerprint density at radius 1 is 1.17 bits per heavy atom. The summed E-state index contributed by atoms with van der Waals surface area (Å²) in [5, 5.41) is 7.60. The van der Waals surface area contributed by atoms with Gasteiger partial charge >= 0.3 is 6.03 Å². The van der Waals surface area contributed by atoms with Crippen molar-refractivity contribution in [1.29, 1.82) is 0 Å². The molecule has 1 atom stereocenters. The fourth-order valence-corrected chi connectivity index (χ4v) is 2.18. The van der Waals surface area contributed by atoms with Gasteiger partial charge in [0.25, 0.3) is 0 Å². The van der Waals surface area contributed by atoms with Gasteiger partial charge in [-0.15, -0.1) is 0 Å². The van der Waals surface area contributed by atoms with E-state index >= 15 is 0 Å². The van der Waals surface area contributed by atoms with E-state index in [1.165, 1.54) is 0 Å². The van der Waals surface area contributed by atoms with Crippen molar-refractivity contribution < 1.29 is 14.4 Å². The van der Waals surface area contributed by atoms with Gasteiger partial charge < -0.3 is 10.6 Å². The van der Waals surface area contributed by atoms with E-state index in [-0.39, 0.29) is 12.5 Å². The van der Waals surface area contributed by atoms with Crippen LogP contribution in [0.2, 0.25) is 0 Å². The molecule has 0 aliphatic heterocycles. The fraction of sp³-hybridized carbons (Fsp3) is 0.471. The predicted molar refractivity (Wildman–Crippen MR) is 93.9 cm³/mol. The molecule has 0 heterocycles. The fourth-order valence-electron chi connectivity index (χ4n) is 2.18. The summed E-state index contributed by atoms with van der Waals surface area (Å²) in [7, 11) is 1.66. The summed E-state index contributed by atoms with van der Waals surface area (Å²) < 4.78 is 0. The maximum atomic E-state index is 12.2. The third-order valence-corrected chi connectivity index (χ3v) is 3.75. The Morgan fingerprint density at radius 3 is 2.29 bits per heavy atom. The molecule has 24 heavy (non-hydrogen) atoms. The zero-order valence-corrected chi connectivity index (χ0v) is 14.9. The molecule has 4 amide bonds. The summed E-state index contributed by atoms with van der Waals surface area (Å²) in [6.45, 7) is 7.72. The second-order valence-corrected chi connectivity index (χ2v) is 5.75. The molecule has 1 aromatic rings. The van der Waals surface area contributed by atoms with Gasteiger partial charge in [0.15, 0.2) is 0 Å². The van der Waals surface area contributed by atoms with Crippen LogP contribution in [0.5, 0.6) is 0 Å². The molecule has 3 N–H and O–H groups in total. The number of imide groups is 1. The van der Waals surface area contributed by atoms with E-state index < -0.39 is 18.0 Å². The van der Waals surface area contributed by atoms with Crippen LogP contribution in [-0.2, 0) is 9.59 Å². The first-order chi connectivity index (χ1) is 11.3. The quantitative estimate of drug-likeness (QED) is 0.733. The van der Waals surface area contributed by atoms with Crippen LogP contribution in [0, 0.1) is 13.8 Å². The number of aryl methyl sites for hydroxylation is 2. The molecular weight excluding hydrogens is 308 g/mol. The normalized spacial score (nSPS) is 11.8. The Labute approximate surface area is 142 Å². The van der Waals surface area contributed by atoms with Crippen LogP contribution in [0.15, 0.2) is 18.2 Å². The summed E-state index contributed by atoms with van der Waals surface area (Å²) in [5.74, 6) is -0.670. The van der Waals surface area contributed by atoms with Crippen molar-refractivity contribution >= 4 is 23.5 Å². The highest BCUT2D eigenvalue weighted by molar-refractivity contribution is 5.97. The first-order valence-electron chi connectivity index (χ1n) is 7.91. The van der Waals surface area contributed by atoms with Gasteiger partial charge in [-0.1, -0.05) is 18.2 Å². The molecule has 0 saturated heterocycles. The smallest absolute Gasteiger partial charge is 0.321 e. The van der Waals surface area contributed by atoms with E-state index in [1.54, 1.807) is 25.8 Å². The number of carbonyl (C=O) groups is 3. The molecule has 0 aromatic heterocycles. The molecule has 0 aliphatic carbocycles. The minimum atomic E-state index is -0.615. The molecule has 0 aliphatic rings. The molecule has 132 valence electrons. The van der Waals surface area contributed by atoms with Gasteiger partial charge in [-0.05, 0) is 45.9 Å². The molecule has 1 rings (SSSR count). The van der Waals surface area contributed by atoms with Crippen molar-refractivity contribution in [3.63, 3.8) is 0 Å². The number of benzene rings is 1. The van der Waals surface area contributed by atoms with E-state index in [9.17, 15) is 14.4 Å². The molecule has 1 aromatic carbocycles. The van der Waals surface area contributed by atoms with Crippen molar-refractivity contribution in [3.8, 4) is 0 Å². The van der Waals surface area contributed by atoms with Crippen molar-refractivity contribution in [2.24, 2.45) is 0 Å². The number of nitrogens with one attached hydrogen (secondary N) is 3. The lowest BCUT2D eigenvalue weighted by Gasteiger charge is -2.23. The van der Waals surface area contributed by atoms with Crippen LogP contribution >= 0.6 is 0 Å². The van der Waals surface area contributed by atoms with Gasteiger partial charge in [-0.25, -0.2) is 4.79 Å². The van der Waals surface area contributed by atoms with Crippen LogP contribution in [0.3, 0.4) is 0 Å². The van der Waals surface area contributed by atoms with Crippen LogP contribution in [0.1, 0.15) is 25.0 Å². The number of hydrogen-bond acceptors (Lipinski definition) is 4. The van der Waals surface area contributed by atoms with Gasteiger partial charge in [0.1, 0.15) is 0 Å². The molecular formula is C17H26N4O3. The van der Waals surface area contributed by atoms with Crippen molar-refractivity contribution in [2.75, 3.05) is 25.5 Å². The zero-order chi connectivity index (χ0) is 18.3. The lowest BCUT2D eigenvalue weighted by molar-refractivity contribution is -0.125. The minimum absolute atomic E-state index is 0.0394. The first-order valence-corrected chi connectivity index (χ1v) is 7.91. The van der Waals surface area contributed by atoms with Crippen molar-refractivity contribution in [1.82, 2.24) is 15.5 Å². The Balaban J connectivity index is 2.60. The van der Waals surface area contributed by atoms with E-state index in [2.05, 4.69) is 16.0 Å². The molecule has 0 bridgehead atoms. The molecule has 0 spiro atoms. The number of rotatable bonds is 6. The third-order valence-electron chi connectivity index (χ3n) is 3.75. The third kappa shape index (κ3) is 5.66. The number of urea groups is 1. The van der Waals surface area contributed by atoms with E-state index in [0.717, 1.165) is 16.8 Å².